The normalized spacial score (nSPS) is 13.1. The minimum absolute atomic E-state index is 0.196. The zero-order valence-corrected chi connectivity index (χ0v) is 8.07. The van der Waals surface area contributed by atoms with Crippen molar-refractivity contribution in [1.82, 2.24) is 0 Å². The molecule has 0 saturated carbocycles. The average Bonchev–Trinajstić information content (AvgIpc) is 2.25. The summed E-state index contributed by atoms with van der Waals surface area (Å²) in [6, 6.07) is 3.41. The average molecular weight is 190 g/mol. The number of nitriles is 2. The molecule has 0 spiro atoms. The highest BCUT2D eigenvalue weighted by Gasteiger charge is 2.44. The third-order valence-electron chi connectivity index (χ3n) is 2.12. The van der Waals surface area contributed by atoms with Gasteiger partial charge in [0.2, 0.25) is 0 Å². The predicted molar refractivity (Wildman–Crippen MR) is 48.3 cm³/mol. The van der Waals surface area contributed by atoms with Crippen LogP contribution < -0.4 is 0 Å². The van der Waals surface area contributed by atoms with Crippen LogP contribution in [0.2, 0.25) is 0 Å². The Labute approximate surface area is 83.1 Å². The summed E-state index contributed by atoms with van der Waals surface area (Å²) in [5.74, 6) is 0.310. The Bertz CT molecular complexity index is 329. The van der Waals surface area contributed by atoms with Crippen LogP contribution in [0.3, 0.4) is 0 Å². The molecule has 0 N–H and O–H groups in total. The SMILES string of the molecule is C#CC(CC)(C(=O)OC)C(C#N)C#N. The van der Waals surface area contributed by atoms with E-state index in [9.17, 15) is 4.79 Å². The van der Waals surface area contributed by atoms with Gasteiger partial charge < -0.3 is 4.74 Å². The second-order valence-electron chi connectivity index (χ2n) is 2.65. The van der Waals surface area contributed by atoms with Crippen molar-refractivity contribution in [1.29, 1.82) is 10.5 Å². The van der Waals surface area contributed by atoms with E-state index in [0.29, 0.717) is 0 Å². The molecule has 0 rings (SSSR count). The van der Waals surface area contributed by atoms with Crippen molar-refractivity contribution in [3.05, 3.63) is 0 Å². The van der Waals surface area contributed by atoms with Crippen LogP contribution in [0, 0.1) is 46.3 Å². The Morgan fingerprint density at radius 1 is 1.57 bits per heavy atom. The van der Waals surface area contributed by atoms with Crippen molar-refractivity contribution in [3.63, 3.8) is 0 Å². The first-order valence-corrected chi connectivity index (χ1v) is 3.98. The van der Waals surface area contributed by atoms with E-state index in [4.69, 9.17) is 16.9 Å². The van der Waals surface area contributed by atoms with Crippen LogP contribution in [-0.4, -0.2) is 13.1 Å². The van der Waals surface area contributed by atoms with E-state index in [2.05, 4.69) is 10.7 Å². The fourth-order valence-corrected chi connectivity index (χ4v) is 1.14. The summed E-state index contributed by atoms with van der Waals surface area (Å²) >= 11 is 0. The first-order valence-electron chi connectivity index (χ1n) is 3.98. The van der Waals surface area contributed by atoms with Gasteiger partial charge in [0, 0.05) is 0 Å². The molecule has 0 fully saturated rings. The molecule has 0 aromatic heterocycles. The van der Waals surface area contributed by atoms with Crippen molar-refractivity contribution in [2.45, 2.75) is 13.3 Å². The van der Waals surface area contributed by atoms with E-state index in [1.807, 2.05) is 0 Å². The zero-order chi connectivity index (χ0) is 11.2. The Kier molecular flexibility index (Phi) is 4.20. The van der Waals surface area contributed by atoms with Crippen LogP contribution >= 0.6 is 0 Å². The molecule has 0 aliphatic carbocycles. The summed E-state index contributed by atoms with van der Waals surface area (Å²) in [6.07, 6.45) is 5.39. The maximum absolute atomic E-state index is 11.4. The zero-order valence-electron chi connectivity index (χ0n) is 8.07. The standard InChI is InChI=1S/C10H10N2O2/c1-4-10(5-2,9(13)14-3)8(6-11)7-12/h1,8H,5H2,2-3H3. The van der Waals surface area contributed by atoms with Gasteiger partial charge in [0.25, 0.3) is 0 Å². The minimum atomic E-state index is -1.45. The molecule has 1 unspecified atom stereocenters. The van der Waals surface area contributed by atoms with Crippen molar-refractivity contribution in [2.75, 3.05) is 7.11 Å². The van der Waals surface area contributed by atoms with Crippen LogP contribution in [0.25, 0.3) is 0 Å². The maximum atomic E-state index is 11.4. The van der Waals surface area contributed by atoms with E-state index in [1.165, 1.54) is 7.11 Å². The molecule has 0 aliphatic heterocycles. The lowest BCUT2D eigenvalue weighted by Crippen LogP contribution is -2.36. The fraction of sp³-hybridized carbons (Fsp3) is 0.500. The predicted octanol–water partition coefficient (Wildman–Crippen LogP) is 0.852. The summed E-state index contributed by atoms with van der Waals surface area (Å²) in [7, 11) is 1.18. The highest BCUT2D eigenvalue weighted by atomic mass is 16.5. The molecular weight excluding hydrogens is 180 g/mol. The van der Waals surface area contributed by atoms with Gasteiger partial charge in [-0.05, 0) is 6.42 Å². The lowest BCUT2D eigenvalue weighted by molar-refractivity contribution is -0.150. The van der Waals surface area contributed by atoms with E-state index in [-0.39, 0.29) is 6.42 Å². The Balaban J connectivity index is 5.34. The van der Waals surface area contributed by atoms with Gasteiger partial charge in [-0.3, -0.25) is 4.79 Å². The molecule has 4 heteroatoms. The highest BCUT2D eigenvalue weighted by Crippen LogP contribution is 2.31. The van der Waals surface area contributed by atoms with E-state index < -0.39 is 17.3 Å². The van der Waals surface area contributed by atoms with Gasteiger partial charge in [0.15, 0.2) is 11.3 Å². The molecule has 72 valence electrons. The number of methoxy groups -OCH3 is 1. The van der Waals surface area contributed by atoms with Gasteiger partial charge in [-0.25, -0.2) is 0 Å². The molecule has 0 amide bonds. The van der Waals surface area contributed by atoms with Gasteiger partial charge >= 0.3 is 5.97 Å². The number of rotatable bonds is 3. The van der Waals surface area contributed by atoms with Gasteiger partial charge in [-0.1, -0.05) is 12.8 Å². The number of carbonyl (C=O) groups is 1. The number of esters is 1. The maximum Gasteiger partial charge on any atom is 0.326 e. The Morgan fingerprint density at radius 3 is 2.29 bits per heavy atom. The van der Waals surface area contributed by atoms with Gasteiger partial charge in [0.1, 0.15) is 0 Å². The number of carbonyl (C=O) groups excluding carboxylic acids is 1. The van der Waals surface area contributed by atoms with Crippen LogP contribution in [0.1, 0.15) is 13.3 Å². The highest BCUT2D eigenvalue weighted by molar-refractivity contribution is 5.81. The Hall–Kier alpha value is -1.99. The van der Waals surface area contributed by atoms with Gasteiger partial charge in [-0.15, -0.1) is 6.42 Å². The molecule has 0 aromatic rings. The van der Waals surface area contributed by atoms with E-state index in [0.717, 1.165) is 0 Å². The van der Waals surface area contributed by atoms with Crippen LogP contribution in [0.5, 0.6) is 0 Å². The summed E-state index contributed by atoms with van der Waals surface area (Å²) in [4.78, 5) is 11.4. The molecule has 0 saturated heterocycles. The van der Waals surface area contributed by atoms with Crippen LogP contribution in [0.4, 0.5) is 0 Å². The molecule has 0 bridgehead atoms. The summed E-state index contributed by atoms with van der Waals surface area (Å²) in [6.45, 7) is 1.64. The number of nitrogens with zero attached hydrogens (tertiary/aromatic N) is 2. The smallest absolute Gasteiger partial charge is 0.326 e. The van der Waals surface area contributed by atoms with Crippen molar-refractivity contribution in [2.24, 2.45) is 11.3 Å². The molecular formula is C10H10N2O2. The van der Waals surface area contributed by atoms with Crippen molar-refractivity contribution < 1.29 is 9.53 Å². The van der Waals surface area contributed by atoms with E-state index >= 15 is 0 Å². The number of hydrogen-bond acceptors (Lipinski definition) is 4. The largest absolute Gasteiger partial charge is 0.468 e. The number of hydrogen-bond donors (Lipinski definition) is 0. The molecule has 14 heavy (non-hydrogen) atoms. The second-order valence-corrected chi connectivity index (χ2v) is 2.65. The fourth-order valence-electron chi connectivity index (χ4n) is 1.14. The topological polar surface area (TPSA) is 73.9 Å². The van der Waals surface area contributed by atoms with Crippen LogP contribution in [0.15, 0.2) is 0 Å². The lowest BCUT2D eigenvalue weighted by atomic mass is 9.75. The molecule has 1 atom stereocenters. The monoisotopic (exact) mass is 190 g/mol. The molecule has 0 aromatic carbocycles. The first kappa shape index (κ1) is 12.0. The number of ether oxygens (including phenoxy) is 1. The van der Waals surface area contributed by atoms with Gasteiger partial charge in [-0.2, -0.15) is 10.5 Å². The minimum Gasteiger partial charge on any atom is -0.468 e. The summed E-state index contributed by atoms with van der Waals surface area (Å²) < 4.78 is 4.50. The Morgan fingerprint density at radius 2 is 2.07 bits per heavy atom. The van der Waals surface area contributed by atoms with E-state index in [1.54, 1.807) is 19.1 Å². The van der Waals surface area contributed by atoms with Crippen molar-refractivity contribution in [3.8, 4) is 24.5 Å². The molecule has 0 aliphatic rings. The first-order chi connectivity index (χ1) is 6.62. The van der Waals surface area contributed by atoms with Gasteiger partial charge in [0.05, 0.1) is 19.2 Å². The molecule has 0 heterocycles. The lowest BCUT2D eigenvalue weighted by Gasteiger charge is -2.24. The van der Waals surface area contributed by atoms with Crippen LogP contribution in [-0.2, 0) is 9.53 Å². The number of terminal acetylenes is 1. The quantitative estimate of drug-likeness (QED) is 0.488. The third-order valence-corrected chi connectivity index (χ3v) is 2.12. The summed E-state index contributed by atoms with van der Waals surface area (Å²) in [5.41, 5.74) is -1.45. The molecule has 0 radical (unpaired) electrons. The summed E-state index contributed by atoms with van der Waals surface area (Å²) in [5, 5.41) is 17.4. The third kappa shape index (κ3) is 1.68. The molecule has 4 nitrogen and oxygen atoms in total. The second kappa shape index (κ2) is 4.90. The van der Waals surface area contributed by atoms with Crippen molar-refractivity contribution >= 4 is 5.97 Å².